The second-order valence-corrected chi connectivity index (χ2v) is 7.82. The Hall–Kier alpha value is -4.00. The van der Waals surface area contributed by atoms with Gasteiger partial charge in [-0.05, 0) is 36.4 Å². The van der Waals surface area contributed by atoms with E-state index in [1.165, 1.54) is 32.8 Å². The lowest BCUT2D eigenvalue weighted by Crippen LogP contribution is -2.32. The molecule has 0 unspecified atom stereocenters. The summed E-state index contributed by atoms with van der Waals surface area (Å²) < 4.78 is 6.66. The van der Waals surface area contributed by atoms with Crippen molar-refractivity contribution in [3.8, 4) is 17.3 Å². The molecule has 0 saturated heterocycles. The Balaban J connectivity index is 1.57. The van der Waals surface area contributed by atoms with Gasteiger partial charge in [-0.3, -0.25) is 4.79 Å². The molecule has 0 atom stereocenters. The van der Waals surface area contributed by atoms with Crippen LogP contribution in [0, 0.1) is 6.92 Å². The van der Waals surface area contributed by atoms with Crippen LogP contribution in [0.15, 0.2) is 61.4 Å². The second-order valence-electron chi connectivity index (χ2n) is 7.82. The van der Waals surface area contributed by atoms with Crippen molar-refractivity contribution in [2.45, 2.75) is 19.9 Å². The van der Waals surface area contributed by atoms with Crippen LogP contribution in [0.4, 0.5) is 5.69 Å². The first-order chi connectivity index (χ1) is 15.6. The highest BCUT2D eigenvalue weighted by atomic mass is 16.5. The predicted molar refractivity (Wildman–Crippen MR) is 124 cm³/mol. The van der Waals surface area contributed by atoms with Gasteiger partial charge in [0.05, 0.1) is 31.2 Å². The monoisotopic (exact) mass is 425 g/mol. The number of fused-ring (bicyclic) bond motifs is 2. The van der Waals surface area contributed by atoms with Gasteiger partial charge >= 0.3 is 6.01 Å². The predicted octanol–water partition coefficient (Wildman–Crippen LogP) is 4.20. The van der Waals surface area contributed by atoms with Crippen LogP contribution < -0.4 is 9.64 Å². The van der Waals surface area contributed by atoms with Crippen LogP contribution in [0.3, 0.4) is 0 Å². The van der Waals surface area contributed by atoms with Gasteiger partial charge in [0.15, 0.2) is 0 Å². The molecule has 1 aliphatic heterocycles. The summed E-state index contributed by atoms with van der Waals surface area (Å²) in [5.74, 6) is -0.288. The van der Waals surface area contributed by atoms with Crippen LogP contribution in [0.1, 0.15) is 21.6 Å². The zero-order chi connectivity index (χ0) is 22.2. The first-order valence-corrected chi connectivity index (χ1v) is 10.5. The molecule has 0 radical (unpaired) electrons. The summed E-state index contributed by atoms with van der Waals surface area (Å²) in [6.45, 7) is 7.15. The van der Waals surface area contributed by atoms with E-state index in [9.17, 15) is 4.79 Å². The first kappa shape index (κ1) is 19.9. The standard InChI is InChI=1S/C25H23N5O2/c1-4-22(31)30-14-18(13-26-30)24-19-11-12-29(15-20(19)27-25(28-24)32-3)21-10-6-9-17-8-5-7-16(2)23(17)21/h4-10,13-14H,1,11-12,15H2,2-3H3. The van der Waals surface area contributed by atoms with Gasteiger partial charge in [-0.2, -0.15) is 15.1 Å². The molecule has 160 valence electrons. The van der Waals surface area contributed by atoms with Crippen molar-refractivity contribution in [2.75, 3.05) is 18.6 Å². The average molecular weight is 425 g/mol. The first-order valence-electron chi connectivity index (χ1n) is 10.5. The Morgan fingerprint density at radius 2 is 2.00 bits per heavy atom. The number of anilines is 1. The SMILES string of the molecule is C=CC(=O)n1cc(-c2nc(OC)nc3c2CCN(c2cccc4cccc(C)c24)C3)cn1. The molecule has 0 N–H and O–H groups in total. The van der Waals surface area contributed by atoms with Crippen molar-refractivity contribution >= 4 is 22.4 Å². The molecule has 7 heteroatoms. The topological polar surface area (TPSA) is 73.1 Å². The quantitative estimate of drug-likeness (QED) is 0.456. The highest BCUT2D eigenvalue weighted by molar-refractivity contribution is 5.97. The van der Waals surface area contributed by atoms with Crippen LogP contribution >= 0.6 is 0 Å². The van der Waals surface area contributed by atoms with E-state index >= 15 is 0 Å². The Labute approximate surface area is 186 Å². The van der Waals surface area contributed by atoms with E-state index in [0.717, 1.165) is 35.5 Å². The third-order valence-electron chi connectivity index (χ3n) is 5.92. The Bertz CT molecular complexity index is 1350. The van der Waals surface area contributed by atoms with Gasteiger partial charge < -0.3 is 9.64 Å². The molecule has 1 aliphatic rings. The van der Waals surface area contributed by atoms with E-state index in [4.69, 9.17) is 4.74 Å². The van der Waals surface area contributed by atoms with Gasteiger partial charge in [-0.1, -0.05) is 36.9 Å². The number of carbonyl (C=O) groups excluding carboxylic acids is 1. The third kappa shape index (κ3) is 3.32. The molecular weight excluding hydrogens is 402 g/mol. The summed E-state index contributed by atoms with van der Waals surface area (Å²) in [6.07, 6.45) is 5.32. The van der Waals surface area contributed by atoms with Crippen molar-refractivity contribution in [1.82, 2.24) is 19.7 Å². The van der Waals surface area contributed by atoms with Crippen molar-refractivity contribution in [3.05, 3.63) is 78.3 Å². The Morgan fingerprint density at radius 3 is 2.78 bits per heavy atom. The van der Waals surface area contributed by atoms with Gasteiger partial charge in [0.25, 0.3) is 5.91 Å². The molecule has 2 aromatic heterocycles. The number of nitrogens with zero attached hydrogens (tertiary/aromatic N) is 5. The molecule has 0 fully saturated rings. The fourth-order valence-corrected chi connectivity index (χ4v) is 4.37. The molecule has 5 rings (SSSR count). The van der Waals surface area contributed by atoms with Gasteiger partial charge in [-0.25, -0.2) is 4.68 Å². The molecule has 0 aliphatic carbocycles. The van der Waals surface area contributed by atoms with Crippen LogP contribution in [0.25, 0.3) is 22.0 Å². The number of hydrogen-bond donors (Lipinski definition) is 0. The van der Waals surface area contributed by atoms with E-state index < -0.39 is 0 Å². The second kappa shape index (κ2) is 7.92. The Morgan fingerprint density at radius 1 is 1.19 bits per heavy atom. The van der Waals surface area contributed by atoms with Gasteiger partial charge in [0, 0.05) is 34.9 Å². The van der Waals surface area contributed by atoms with E-state index in [0.29, 0.717) is 12.6 Å². The highest BCUT2D eigenvalue weighted by Crippen LogP contribution is 2.35. The average Bonchev–Trinajstić information content (AvgIpc) is 3.32. The highest BCUT2D eigenvalue weighted by Gasteiger charge is 2.25. The lowest BCUT2D eigenvalue weighted by molar-refractivity contribution is 0.0954. The number of ether oxygens (including phenoxy) is 1. The maximum Gasteiger partial charge on any atom is 0.316 e. The molecular formula is C25H23N5O2. The number of hydrogen-bond acceptors (Lipinski definition) is 6. The minimum atomic E-state index is -0.288. The molecule has 3 heterocycles. The largest absolute Gasteiger partial charge is 0.467 e. The van der Waals surface area contributed by atoms with E-state index in [2.05, 4.69) is 69.9 Å². The zero-order valence-electron chi connectivity index (χ0n) is 18.1. The maximum atomic E-state index is 11.9. The summed E-state index contributed by atoms with van der Waals surface area (Å²) in [7, 11) is 1.56. The van der Waals surface area contributed by atoms with E-state index in [-0.39, 0.29) is 5.91 Å². The number of rotatable bonds is 4. The summed E-state index contributed by atoms with van der Waals surface area (Å²) in [4.78, 5) is 23.5. The number of aryl methyl sites for hydroxylation is 1. The number of aromatic nitrogens is 4. The van der Waals surface area contributed by atoms with E-state index in [1.807, 2.05) is 0 Å². The normalized spacial score (nSPS) is 13.1. The lowest BCUT2D eigenvalue weighted by atomic mass is 9.97. The van der Waals surface area contributed by atoms with Crippen LogP contribution in [0.5, 0.6) is 6.01 Å². The molecule has 0 amide bonds. The van der Waals surface area contributed by atoms with Crippen molar-refractivity contribution in [3.63, 3.8) is 0 Å². The molecule has 4 aromatic rings. The molecule has 32 heavy (non-hydrogen) atoms. The molecule has 0 spiro atoms. The van der Waals surface area contributed by atoms with Crippen LogP contribution in [0.2, 0.25) is 0 Å². The molecule has 0 bridgehead atoms. The molecule has 2 aromatic carbocycles. The van der Waals surface area contributed by atoms with Crippen molar-refractivity contribution in [1.29, 1.82) is 0 Å². The number of carbonyl (C=O) groups is 1. The summed E-state index contributed by atoms with van der Waals surface area (Å²) in [6, 6.07) is 13.1. The molecule has 0 saturated carbocycles. The summed E-state index contributed by atoms with van der Waals surface area (Å²) >= 11 is 0. The van der Waals surface area contributed by atoms with Crippen LogP contribution in [-0.4, -0.2) is 39.3 Å². The van der Waals surface area contributed by atoms with Crippen LogP contribution in [-0.2, 0) is 13.0 Å². The van der Waals surface area contributed by atoms with Gasteiger partial charge in [0.2, 0.25) is 0 Å². The Kier molecular flexibility index (Phi) is 4.93. The fraction of sp³-hybridized carbons (Fsp3) is 0.200. The number of benzene rings is 2. The third-order valence-corrected chi connectivity index (χ3v) is 5.92. The smallest absolute Gasteiger partial charge is 0.316 e. The van der Waals surface area contributed by atoms with Gasteiger partial charge in [0.1, 0.15) is 0 Å². The summed E-state index contributed by atoms with van der Waals surface area (Å²) in [5.41, 5.74) is 5.95. The van der Waals surface area contributed by atoms with E-state index in [1.54, 1.807) is 19.5 Å². The zero-order valence-corrected chi connectivity index (χ0v) is 18.1. The fourth-order valence-electron chi connectivity index (χ4n) is 4.37. The summed E-state index contributed by atoms with van der Waals surface area (Å²) in [5, 5.41) is 6.66. The number of allylic oxidation sites excluding steroid dienone is 1. The van der Waals surface area contributed by atoms with Crippen molar-refractivity contribution < 1.29 is 9.53 Å². The van der Waals surface area contributed by atoms with Gasteiger partial charge in [-0.15, -0.1) is 0 Å². The minimum Gasteiger partial charge on any atom is -0.467 e. The maximum absolute atomic E-state index is 11.9. The number of methoxy groups -OCH3 is 1. The minimum absolute atomic E-state index is 0.288. The van der Waals surface area contributed by atoms with Crippen molar-refractivity contribution in [2.24, 2.45) is 0 Å². The lowest BCUT2D eigenvalue weighted by Gasteiger charge is -2.32. The molecule has 7 nitrogen and oxygen atoms in total.